The highest BCUT2D eigenvalue weighted by molar-refractivity contribution is 6.36. The molecule has 0 saturated carbocycles. The minimum absolute atomic E-state index is 0.180. The molecule has 156 valence electrons. The Hall–Kier alpha value is -3.93. The average Bonchev–Trinajstić information content (AvgIpc) is 3.01. The lowest BCUT2D eigenvalue weighted by atomic mass is 10.0. The Kier molecular flexibility index (Phi) is 5.80. The molecule has 2 aromatic carbocycles. The van der Waals surface area contributed by atoms with Gasteiger partial charge in [0.2, 0.25) is 0 Å². The molecule has 6 nitrogen and oxygen atoms in total. The van der Waals surface area contributed by atoms with E-state index in [9.17, 15) is 9.59 Å². The summed E-state index contributed by atoms with van der Waals surface area (Å²) in [6, 6.07) is 18.5. The Bertz CT molecular complexity index is 1140. The van der Waals surface area contributed by atoms with Crippen LogP contribution in [0.3, 0.4) is 0 Å². The van der Waals surface area contributed by atoms with Crippen molar-refractivity contribution < 1.29 is 14.3 Å². The first-order chi connectivity index (χ1) is 15.1. The number of amides is 2. The van der Waals surface area contributed by atoms with E-state index < -0.39 is 0 Å². The van der Waals surface area contributed by atoms with Crippen molar-refractivity contribution in [3.05, 3.63) is 95.4 Å². The van der Waals surface area contributed by atoms with E-state index in [1.165, 1.54) is 4.90 Å². The van der Waals surface area contributed by atoms with Crippen molar-refractivity contribution in [1.82, 2.24) is 9.88 Å². The number of imide groups is 1. The summed E-state index contributed by atoms with van der Waals surface area (Å²) >= 11 is 0. The van der Waals surface area contributed by atoms with Crippen molar-refractivity contribution in [2.75, 3.05) is 11.9 Å². The first-order valence-electron chi connectivity index (χ1n) is 10.1. The van der Waals surface area contributed by atoms with Gasteiger partial charge in [-0.2, -0.15) is 0 Å². The quantitative estimate of drug-likeness (QED) is 0.589. The molecule has 0 atom stereocenters. The van der Waals surface area contributed by atoms with Crippen LogP contribution in [0.5, 0.6) is 5.75 Å². The first-order valence-corrected chi connectivity index (χ1v) is 10.1. The third kappa shape index (κ3) is 4.19. The smallest absolute Gasteiger partial charge is 0.278 e. The summed E-state index contributed by atoms with van der Waals surface area (Å²) in [4.78, 5) is 32.0. The Morgan fingerprint density at radius 2 is 1.65 bits per heavy atom. The van der Waals surface area contributed by atoms with Crippen LogP contribution >= 0.6 is 0 Å². The van der Waals surface area contributed by atoms with Crippen LogP contribution in [-0.4, -0.2) is 28.3 Å². The predicted molar refractivity (Wildman–Crippen MR) is 119 cm³/mol. The zero-order valence-corrected chi connectivity index (χ0v) is 17.5. The van der Waals surface area contributed by atoms with Crippen LogP contribution in [-0.2, 0) is 16.1 Å². The van der Waals surface area contributed by atoms with Crippen molar-refractivity contribution in [1.29, 1.82) is 0 Å². The van der Waals surface area contributed by atoms with Crippen molar-refractivity contribution in [3.63, 3.8) is 0 Å². The van der Waals surface area contributed by atoms with E-state index >= 15 is 0 Å². The molecule has 1 N–H and O–H groups in total. The lowest BCUT2D eigenvalue weighted by Gasteiger charge is -2.15. The number of carbonyl (C=O) groups is 2. The van der Waals surface area contributed by atoms with Gasteiger partial charge in [-0.15, -0.1) is 0 Å². The van der Waals surface area contributed by atoms with E-state index in [4.69, 9.17) is 4.74 Å². The lowest BCUT2D eigenvalue weighted by molar-refractivity contribution is -0.137. The van der Waals surface area contributed by atoms with Gasteiger partial charge in [-0.25, -0.2) is 0 Å². The second-order valence-corrected chi connectivity index (χ2v) is 7.20. The van der Waals surface area contributed by atoms with Gasteiger partial charge in [0.15, 0.2) is 0 Å². The molecular weight excluding hydrogens is 390 g/mol. The highest BCUT2D eigenvalue weighted by atomic mass is 16.5. The van der Waals surface area contributed by atoms with Crippen molar-refractivity contribution >= 4 is 23.1 Å². The molecule has 1 aliphatic heterocycles. The van der Waals surface area contributed by atoms with Gasteiger partial charge in [-0.3, -0.25) is 19.5 Å². The number of anilines is 1. The van der Waals surface area contributed by atoms with Gasteiger partial charge in [-0.05, 0) is 60.9 Å². The van der Waals surface area contributed by atoms with Crippen LogP contribution in [0.4, 0.5) is 5.69 Å². The topological polar surface area (TPSA) is 71.5 Å². The van der Waals surface area contributed by atoms with E-state index in [0.717, 1.165) is 16.8 Å². The summed E-state index contributed by atoms with van der Waals surface area (Å²) in [6.07, 6.45) is 3.29. The van der Waals surface area contributed by atoms with Crippen molar-refractivity contribution in [2.24, 2.45) is 0 Å². The summed E-state index contributed by atoms with van der Waals surface area (Å²) in [5.41, 5.74) is 3.89. The zero-order chi connectivity index (χ0) is 21.8. The maximum absolute atomic E-state index is 13.4. The molecule has 6 heteroatoms. The summed E-state index contributed by atoms with van der Waals surface area (Å²) in [7, 11) is 0. The van der Waals surface area contributed by atoms with E-state index in [2.05, 4.69) is 10.3 Å². The molecule has 3 aromatic rings. The van der Waals surface area contributed by atoms with E-state index in [0.29, 0.717) is 23.5 Å². The first kappa shape index (κ1) is 20.3. The minimum Gasteiger partial charge on any atom is -0.494 e. The second-order valence-electron chi connectivity index (χ2n) is 7.20. The third-order valence-corrected chi connectivity index (χ3v) is 5.12. The Morgan fingerprint density at radius 3 is 2.32 bits per heavy atom. The molecule has 0 bridgehead atoms. The minimum atomic E-state index is -0.353. The van der Waals surface area contributed by atoms with Crippen LogP contribution in [0.15, 0.2) is 78.8 Å². The molecule has 1 aliphatic rings. The fourth-order valence-electron chi connectivity index (χ4n) is 3.51. The van der Waals surface area contributed by atoms with Gasteiger partial charge < -0.3 is 10.1 Å². The van der Waals surface area contributed by atoms with Crippen LogP contribution in [0.25, 0.3) is 5.57 Å². The Balaban J connectivity index is 1.74. The number of rotatable bonds is 7. The molecule has 31 heavy (non-hydrogen) atoms. The van der Waals surface area contributed by atoms with Gasteiger partial charge in [0.05, 0.1) is 18.7 Å². The highest BCUT2D eigenvalue weighted by Crippen LogP contribution is 2.32. The fourth-order valence-corrected chi connectivity index (χ4v) is 3.51. The summed E-state index contributed by atoms with van der Waals surface area (Å²) in [5, 5.41) is 3.22. The summed E-state index contributed by atoms with van der Waals surface area (Å²) < 4.78 is 5.51. The molecule has 0 saturated heterocycles. The predicted octanol–water partition coefficient (Wildman–Crippen LogP) is 4.18. The number of ether oxygens (including phenoxy) is 1. The monoisotopic (exact) mass is 413 g/mol. The molecule has 2 amide bonds. The molecule has 1 aromatic heterocycles. The number of carbonyl (C=O) groups excluding carboxylic acids is 2. The summed E-state index contributed by atoms with van der Waals surface area (Å²) in [5.74, 6) is 0.0293. The van der Waals surface area contributed by atoms with E-state index in [1.807, 2.05) is 38.1 Å². The van der Waals surface area contributed by atoms with Crippen molar-refractivity contribution in [3.8, 4) is 5.75 Å². The highest BCUT2D eigenvalue weighted by Gasteiger charge is 2.39. The molecule has 0 unspecified atom stereocenters. The van der Waals surface area contributed by atoms with Crippen LogP contribution in [0.1, 0.15) is 23.6 Å². The number of hydrogen-bond acceptors (Lipinski definition) is 5. The number of aryl methyl sites for hydroxylation is 1. The number of benzene rings is 2. The standard InChI is InChI=1S/C25H23N3O3/c1-3-31-20-10-8-19(9-11-20)22-23(27-21-7-5-4-6-17(21)2)25(30)28(24(22)29)16-18-12-14-26-15-13-18/h4-15,27H,3,16H2,1-2H3. The largest absolute Gasteiger partial charge is 0.494 e. The van der Waals surface area contributed by atoms with Gasteiger partial charge in [0, 0.05) is 18.1 Å². The number of nitrogens with zero attached hydrogens (tertiary/aromatic N) is 2. The third-order valence-electron chi connectivity index (χ3n) is 5.12. The van der Waals surface area contributed by atoms with Crippen LogP contribution < -0.4 is 10.1 Å². The molecule has 2 heterocycles. The normalized spacial score (nSPS) is 13.7. The van der Waals surface area contributed by atoms with Gasteiger partial charge in [-0.1, -0.05) is 30.3 Å². The number of para-hydroxylation sites is 1. The number of nitrogens with one attached hydrogen (secondary N) is 1. The molecule has 0 aliphatic carbocycles. The average molecular weight is 413 g/mol. The fraction of sp³-hybridized carbons (Fsp3) is 0.160. The zero-order valence-electron chi connectivity index (χ0n) is 17.5. The van der Waals surface area contributed by atoms with Gasteiger partial charge in [0.25, 0.3) is 11.8 Å². The SMILES string of the molecule is CCOc1ccc(C2=C(Nc3ccccc3C)C(=O)N(Cc3ccncc3)C2=O)cc1. The van der Waals surface area contributed by atoms with Crippen LogP contribution in [0.2, 0.25) is 0 Å². The molecule has 0 fully saturated rings. The number of hydrogen-bond donors (Lipinski definition) is 1. The molecule has 0 spiro atoms. The maximum Gasteiger partial charge on any atom is 0.278 e. The lowest BCUT2D eigenvalue weighted by Crippen LogP contribution is -2.32. The van der Waals surface area contributed by atoms with Gasteiger partial charge in [0.1, 0.15) is 11.4 Å². The van der Waals surface area contributed by atoms with Crippen LogP contribution in [0, 0.1) is 6.92 Å². The Labute approximate surface area is 181 Å². The molecular formula is C25H23N3O3. The van der Waals surface area contributed by atoms with Gasteiger partial charge >= 0.3 is 0 Å². The number of aromatic nitrogens is 1. The number of pyridine rings is 1. The second kappa shape index (κ2) is 8.83. The summed E-state index contributed by atoms with van der Waals surface area (Å²) in [6.45, 7) is 4.60. The van der Waals surface area contributed by atoms with Crippen molar-refractivity contribution in [2.45, 2.75) is 20.4 Å². The Morgan fingerprint density at radius 1 is 0.935 bits per heavy atom. The van der Waals surface area contributed by atoms with E-state index in [-0.39, 0.29) is 24.1 Å². The maximum atomic E-state index is 13.4. The molecule has 0 radical (unpaired) electrons. The van der Waals surface area contributed by atoms with E-state index in [1.54, 1.807) is 48.8 Å². The molecule has 4 rings (SSSR count).